The topological polar surface area (TPSA) is 30.5 Å². The molecule has 0 aromatic heterocycles. The fourth-order valence-corrected chi connectivity index (χ4v) is 2.94. The zero-order valence-corrected chi connectivity index (χ0v) is 12.9. The van der Waals surface area contributed by atoms with E-state index in [2.05, 4.69) is 18.3 Å². The van der Waals surface area contributed by atoms with Crippen molar-refractivity contribution in [2.75, 3.05) is 18.5 Å². The summed E-state index contributed by atoms with van der Waals surface area (Å²) in [5, 5.41) is 3.66. The Balaban J connectivity index is 2.11. The highest BCUT2D eigenvalue weighted by molar-refractivity contribution is 5.60. The van der Waals surface area contributed by atoms with E-state index in [1.807, 2.05) is 26.0 Å². The molecule has 1 aliphatic carbocycles. The van der Waals surface area contributed by atoms with Crippen LogP contribution in [0.25, 0.3) is 0 Å². The van der Waals surface area contributed by atoms with Gasteiger partial charge in [0.1, 0.15) is 11.5 Å². The van der Waals surface area contributed by atoms with Gasteiger partial charge in [-0.1, -0.05) is 19.8 Å². The molecule has 0 bridgehead atoms. The van der Waals surface area contributed by atoms with Crippen molar-refractivity contribution in [3.05, 3.63) is 18.2 Å². The third kappa shape index (κ3) is 4.06. The molecule has 0 amide bonds. The molecule has 2 rings (SSSR count). The molecule has 3 heteroatoms. The molecule has 3 nitrogen and oxygen atoms in total. The van der Waals surface area contributed by atoms with E-state index < -0.39 is 0 Å². The summed E-state index contributed by atoms with van der Waals surface area (Å²) < 4.78 is 11.3. The van der Waals surface area contributed by atoms with Crippen molar-refractivity contribution in [2.45, 2.75) is 52.5 Å². The fraction of sp³-hybridized carbons (Fsp3) is 0.647. The second kappa shape index (κ2) is 7.41. The molecular formula is C17H27NO2. The average molecular weight is 277 g/mol. The van der Waals surface area contributed by atoms with Gasteiger partial charge in [0.25, 0.3) is 0 Å². The first kappa shape index (κ1) is 15.0. The van der Waals surface area contributed by atoms with E-state index >= 15 is 0 Å². The molecule has 0 radical (unpaired) electrons. The standard InChI is InChI=1S/C17H27NO2/c1-4-19-15-9-10-17(20-5-2)16(12-15)18-14-8-6-7-13(3)11-14/h9-10,12-14,18H,4-8,11H2,1-3H3. The first-order valence-electron chi connectivity index (χ1n) is 7.89. The highest BCUT2D eigenvalue weighted by Crippen LogP contribution is 2.33. The van der Waals surface area contributed by atoms with Crippen LogP contribution >= 0.6 is 0 Å². The summed E-state index contributed by atoms with van der Waals surface area (Å²) >= 11 is 0. The van der Waals surface area contributed by atoms with Crippen molar-refractivity contribution in [1.29, 1.82) is 0 Å². The Labute approximate surface area is 122 Å². The van der Waals surface area contributed by atoms with Gasteiger partial charge in [0.2, 0.25) is 0 Å². The van der Waals surface area contributed by atoms with Gasteiger partial charge >= 0.3 is 0 Å². The first-order chi connectivity index (χ1) is 9.72. The van der Waals surface area contributed by atoms with Crippen LogP contribution in [0.1, 0.15) is 46.5 Å². The van der Waals surface area contributed by atoms with Crippen molar-refractivity contribution >= 4 is 5.69 Å². The number of benzene rings is 1. The van der Waals surface area contributed by atoms with Crippen LogP contribution in [-0.2, 0) is 0 Å². The van der Waals surface area contributed by atoms with Crippen LogP contribution in [0.2, 0.25) is 0 Å². The van der Waals surface area contributed by atoms with Gasteiger partial charge in [0.15, 0.2) is 0 Å². The number of ether oxygens (including phenoxy) is 2. The Bertz CT molecular complexity index is 419. The summed E-state index contributed by atoms with van der Waals surface area (Å²) in [7, 11) is 0. The lowest BCUT2D eigenvalue weighted by Crippen LogP contribution is -2.26. The Morgan fingerprint density at radius 3 is 2.65 bits per heavy atom. The highest BCUT2D eigenvalue weighted by Gasteiger charge is 2.20. The highest BCUT2D eigenvalue weighted by atomic mass is 16.5. The SMILES string of the molecule is CCOc1ccc(OCC)c(NC2CCCC(C)C2)c1. The second-order valence-electron chi connectivity index (χ2n) is 5.64. The molecule has 2 atom stereocenters. The predicted octanol–water partition coefficient (Wildman–Crippen LogP) is 4.47. The zero-order valence-electron chi connectivity index (χ0n) is 12.9. The number of nitrogens with one attached hydrogen (secondary N) is 1. The molecule has 0 spiro atoms. The van der Waals surface area contributed by atoms with Gasteiger partial charge < -0.3 is 14.8 Å². The lowest BCUT2D eigenvalue weighted by Gasteiger charge is -2.29. The molecule has 2 unspecified atom stereocenters. The molecule has 1 aromatic carbocycles. The van der Waals surface area contributed by atoms with Crippen molar-refractivity contribution in [3.63, 3.8) is 0 Å². The maximum Gasteiger partial charge on any atom is 0.142 e. The summed E-state index contributed by atoms with van der Waals surface area (Å²) in [5.74, 6) is 2.64. The van der Waals surface area contributed by atoms with Crippen LogP contribution in [0.5, 0.6) is 11.5 Å². The largest absolute Gasteiger partial charge is 0.494 e. The second-order valence-corrected chi connectivity index (χ2v) is 5.64. The van der Waals surface area contributed by atoms with Gasteiger partial charge in [0, 0.05) is 12.1 Å². The van der Waals surface area contributed by atoms with Crippen molar-refractivity contribution < 1.29 is 9.47 Å². The van der Waals surface area contributed by atoms with Gasteiger partial charge in [0.05, 0.1) is 18.9 Å². The van der Waals surface area contributed by atoms with Crippen molar-refractivity contribution in [2.24, 2.45) is 5.92 Å². The summed E-state index contributed by atoms with van der Waals surface area (Å²) in [6.07, 6.45) is 5.16. The van der Waals surface area contributed by atoms with Crippen LogP contribution in [0.3, 0.4) is 0 Å². The molecule has 0 aliphatic heterocycles. The summed E-state index contributed by atoms with van der Waals surface area (Å²) in [4.78, 5) is 0. The van der Waals surface area contributed by atoms with Crippen molar-refractivity contribution in [1.82, 2.24) is 0 Å². The van der Waals surface area contributed by atoms with Crippen LogP contribution in [0.15, 0.2) is 18.2 Å². The first-order valence-corrected chi connectivity index (χ1v) is 7.89. The summed E-state index contributed by atoms with van der Waals surface area (Å²) in [6, 6.07) is 6.59. The minimum atomic E-state index is 0.551. The summed E-state index contributed by atoms with van der Waals surface area (Å²) in [5.41, 5.74) is 1.07. The molecular weight excluding hydrogens is 250 g/mol. The molecule has 1 N–H and O–H groups in total. The normalized spacial score (nSPS) is 22.4. The van der Waals surface area contributed by atoms with Gasteiger partial charge in [-0.3, -0.25) is 0 Å². The van der Waals surface area contributed by atoms with Gasteiger partial charge in [-0.2, -0.15) is 0 Å². The van der Waals surface area contributed by atoms with Crippen molar-refractivity contribution in [3.8, 4) is 11.5 Å². The number of anilines is 1. The Morgan fingerprint density at radius 2 is 1.95 bits per heavy atom. The number of hydrogen-bond donors (Lipinski definition) is 1. The summed E-state index contributed by atoms with van der Waals surface area (Å²) in [6.45, 7) is 7.74. The molecule has 0 saturated heterocycles. The minimum absolute atomic E-state index is 0.551. The molecule has 112 valence electrons. The van der Waals surface area contributed by atoms with E-state index in [9.17, 15) is 0 Å². The number of hydrogen-bond acceptors (Lipinski definition) is 3. The predicted molar refractivity (Wildman–Crippen MR) is 83.8 cm³/mol. The van der Waals surface area contributed by atoms with E-state index in [0.29, 0.717) is 19.3 Å². The third-order valence-electron chi connectivity index (χ3n) is 3.86. The lowest BCUT2D eigenvalue weighted by atomic mass is 9.87. The molecule has 1 aliphatic rings. The van der Waals surface area contributed by atoms with E-state index in [1.54, 1.807) is 0 Å². The molecule has 0 heterocycles. The molecule has 1 saturated carbocycles. The minimum Gasteiger partial charge on any atom is -0.494 e. The maximum atomic E-state index is 5.72. The third-order valence-corrected chi connectivity index (χ3v) is 3.86. The maximum absolute atomic E-state index is 5.72. The fourth-order valence-electron chi connectivity index (χ4n) is 2.94. The number of rotatable bonds is 6. The van der Waals surface area contributed by atoms with E-state index in [4.69, 9.17) is 9.47 Å². The van der Waals surface area contributed by atoms with Gasteiger partial charge in [-0.05, 0) is 44.7 Å². The van der Waals surface area contributed by atoms with E-state index in [0.717, 1.165) is 23.1 Å². The van der Waals surface area contributed by atoms with Crippen LogP contribution in [0.4, 0.5) is 5.69 Å². The Kier molecular flexibility index (Phi) is 5.57. The Morgan fingerprint density at radius 1 is 1.15 bits per heavy atom. The average Bonchev–Trinajstić information content (AvgIpc) is 2.42. The molecule has 20 heavy (non-hydrogen) atoms. The van der Waals surface area contributed by atoms with Crippen LogP contribution in [0, 0.1) is 5.92 Å². The monoisotopic (exact) mass is 277 g/mol. The smallest absolute Gasteiger partial charge is 0.142 e. The van der Waals surface area contributed by atoms with Gasteiger partial charge in [-0.25, -0.2) is 0 Å². The van der Waals surface area contributed by atoms with Crippen LogP contribution in [-0.4, -0.2) is 19.3 Å². The molecule has 1 fully saturated rings. The van der Waals surface area contributed by atoms with E-state index in [-0.39, 0.29) is 0 Å². The zero-order chi connectivity index (χ0) is 14.4. The van der Waals surface area contributed by atoms with E-state index in [1.165, 1.54) is 25.7 Å². The molecule has 1 aromatic rings. The lowest BCUT2D eigenvalue weighted by molar-refractivity contribution is 0.329. The quantitative estimate of drug-likeness (QED) is 0.832. The Hall–Kier alpha value is -1.38. The van der Waals surface area contributed by atoms with Crippen LogP contribution < -0.4 is 14.8 Å². The van der Waals surface area contributed by atoms with Gasteiger partial charge in [-0.15, -0.1) is 0 Å².